The summed E-state index contributed by atoms with van der Waals surface area (Å²) in [4.78, 5) is 14.2. The molecule has 0 aromatic rings. The van der Waals surface area contributed by atoms with Crippen LogP contribution in [-0.4, -0.2) is 76.0 Å². The summed E-state index contributed by atoms with van der Waals surface area (Å²) in [5.74, 6) is 0. The highest BCUT2D eigenvalue weighted by Gasteiger charge is 2.25. The summed E-state index contributed by atoms with van der Waals surface area (Å²) in [6, 6.07) is -0.0367. The van der Waals surface area contributed by atoms with Crippen LogP contribution in [0.25, 0.3) is 0 Å². The fourth-order valence-corrected chi connectivity index (χ4v) is 2.23. The molecule has 0 aromatic carbocycles. The summed E-state index contributed by atoms with van der Waals surface area (Å²) in [5, 5.41) is 2.92. The first-order valence-electron chi connectivity index (χ1n) is 7.69. The first-order chi connectivity index (χ1) is 10.3. The van der Waals surface area contributed by atoms with Crippen LogP contribution in [0.15, 0.2) is 0 Å². The van der Waals surface area contributed by atoms with Crippen molar-refractivity contribution in [2.24, 2.45) is 0 Å². The van der Waals surface area contributed by atoms with Crippen LogP contribution in [0.2, 0.25) is 0 Å². The number of ether oxygens (including phenoxy) is 4. The third kappa shape index (κ3) is 7.93. The summed E-state index contributed by atoms with van der Waals surface area (Å²) < 4.78 is 21.1. The molecule has 1 fully saturated rings. The largest absolute Gasteiger partial charge is 0.444 e. The molecule has 1 N–H and O–H groups in total. The van der Waals surface area contributed by atoms with E-state index in [0.29, 0.717) is 26.3 Å². The summed E-state index contributed by atoms with van der Waals surface area (Å²) in [7, 11) is 3.29. The zero-order chi connectivity index (χ0) is 16.6. The van der Waals surface area contributed by atoms with E-state index in [4.69, 9.17) is 18.9 Å². The first kappa shape index (κ1) is 19.2. The molecular formula is C15H30N2O5. The molecule has 1 rings (SSSR count). The number of morpholine rings is 1. The maximum absolute atomic E-state index is 12.0. The van der Waals surface area contributed by atoms with Gasteiger partial charge in [-0.15, -0.1) is 0 Å². The van der Waals surface area contributed by atoms with Crippen molar-refractivity contribution in [1.82, 2.24) is 10.2 Å². The molecule has 2 atom stereocenters. The summed E-state index contributed by atoms with van der Waals surface area (Å²) in [6.45, 7) is 8.98. The van der Waals surface area contributed by atoms with Crippen molar-refractivity contribution in [3.8, 4) is 0 Å². The lowest BCUT2D eigenvalue weighted by Crippen LogP contribution is -2.51. The SMILES string of the molecule is COCCC(CN1CCOC(OC)C1)NC(=O)OC(C)(C)C. The van der Waals surface area contributed by atoms with Gasteiger partial charge in [-0.2, -0.15) is 0 Å². The van der Waals surface area contributed by atoms with E-state index in [9.17, 15) is 4.79 Å². The van der Waals surface area contributed by atoms with Gasteiger partial charge in [-0.25, -0.2) is 4.79 Å². The lowest BCUT2D eigenvalue weighted by molar-refractivity contribution is -0.165. The van der Waals surface area contributed by atoms with Crippen molar-refractivity contribution >= 4 is 6.09 Å². The van der Waals surface area contributed by atoms with Gasteiger partial charge in [-0.1, -0.05) is 0 Å². The van der Waals surface area contributed by atoms with Gasteiger partial charge in [0.05, 0.1) is 6.61 Å². The van der Waals surface area contributed by atoms with Crippen LogP contribution in [0.4, 0.5) is 4.79 Å². The van der Waals surface area contributed by atoms with Crippen LogP contribution < -0.4 is 5.32 Å². The predicted octanol–water partition coefficient (Wildman–Crippen LogP) is 1.22. The molecule has 1 aliphatic heterocycles. The minimum absolute atomic E-state index is 0.0367. The van der Waals surface area contributed by atoms with E-state index in [-0.39, 0.29) is 12.3 Å². The van der Waals surface area contributed by atoms with Crippen molar-refractivity contribution in [3.05, 3.63) is 0 Å². The van der Waals surface area contributed by atoms with Gasteiger partial charge >= 0.3 is 6.09 Å². The molecule has 7 nitrogen and oxygen atoms in total. The topological polar surface area (TPSA) is 69.3 Å². The molecule has 0 bridgehead atoms. The molecule has 7 heteroatoms. The van der Waals surface area contributed by atoms with Crippen molar-refractivity contribution in [3.63, 3.8) is 0 Å². The lowest BCUT2D eigenvalue weighted by Gasteiger charge is -2.34. The summed E-state index contributed by atoms with van der Waals surface area (Å²) >= 11 is 0. The first-order valence-corrected chi connectivity index (χ1v) is 7.69. The van der Waals surface area contributed by atoms with Crippen LogP contribution in [0, 0.1) is 0 Å². The Hall–Kier alpha value is -0.890. The van der Waals surface area contributed by atoms with Crippen LogP contribution in [0.1, 0.15) is 27.2 Å². The van der Waals surface area contributed by atoms with Crippen molar-refractivity contribution in [1.29, 1.82) is 0 Å². The number of rotatable bonds is 7. The molecule has 130 valence electrons. The van der Waals surface area contributed by atoms with E-state index >= 15 is 0 Å². The molecule has 22 heavy (non-hydrogen) atoms. The lowest BCUT2D eigenvalue weighted by atomic mass is 10.2. The maximum Gasteiger partial charge on any atom is 0.407 e. The molecule has 1 amide bonds. The Morgan fingerprint density at radius 2 is 2.14 bits per heavy atom. The minimum atomic E-state index is -0.504. The molecule has 0 saturated carbocycles. The van der Waals surface area contributed by atoms with E-state index in [2.05, 4.69) is 10.2 Å². The molecular weight excluding hydrogens is 288 g/mol. The van der Waals surface area contributed by atoms with Gasteiger partial charge in [-0.05, 0) is 27.2 Å². The maximum atomic E-state index is 12.0. The number of carbonyl (C=O) groups is 1. The Morgan fingerprint density at radius 1 is 1.41 bits per heavy atom. The molecule has 0 aliphatic carbocycles. The number of hydrogen-bond donors (Lipinski definition) is 1. The number of hydrogen-bond acceptors (Lipinski definition) is 6. The molecule has 1 heterocycles. The normalized spacial score (nSPS) is 21.4. The molecule has 0 radical (unpaired) electrons. The predicted molar refractivity (Wildman–Crippen MR) is 82.8 cm³/mol. The number of amides is 1. The van der Waals surface area contributed by atoms with Crippen LogP contribution >= 0.6 is 0 Å². The number of nitrogens with zero attached hydrogens (tertiary/aromatic N) is 1. The van der Waals surface area contributed by atoms with Crippen LogP contribution in [0.3, 0.4) is 0 Å². The van der Waals surface area contributed by atoms with Crippen LogP contribution in [-0.2, 0) is 18.9 Å². The molecule has 0 spiro atoms. The molecule has 1 aliphatic rings. The average Bonchev–Trinajstić information content (AvgIpc) is 2.43. The fraction of sp³-hybridized carbons (Fsp3) is 0.933. The van der Waals surface area contributed by atoms with Crippen molar-refractivity contribution < 1.29 is 23.7 Å². The quantitative estimate of drug-likeness (QED) is 0.761. The smallest absolute Gasteiger partial charge is 0.407 e. The van der Waals surface area contributed by atoms with E-state index < -0.39 is 11.7 Å². The Labute approximate surface area is 133 Å². The standard InChI is InChI=1S/C15H30N2O5/c1-15(2,3)22-14(18)16-12(6-8-19-4)10-17-7-9-21-13(11-17)20-5/h12-13H,6-11H2,1-5H3,(H,16,18). The number of nitrogens with one attached hydrogen (secondary N) is 1. The number of carbonyl (C=O) groups excluding carboxylic acids is 1. The molecule has 1 saturated heterocycles. The highest BCUT2D eigenvalue weighted by molar-refractivity contribution is 5.68. The van der Waals surface area contributed by atoms with Gasteiger partial charge < -0.3 is 24.3 Å². The second-order valence-corrected chi connectivity index (χ2v) is 6.42. The minimum Gasteiger partial charge on any atom is -0.444 e. The van der Waals surface area contributed by atoms with Gasteiger partial charge in [-0.3, -0.25) is 4.90 Å². The van der Waals surface area contributed by atoms with Gasteiger partial charge in [0, 0.05) is 46.5 Å². The van der Waals surface area contributed by atoms with Gasteiger partial charge in [0.2, 0.25) is 0 Å². The zero-order valence-electron chi connectivity index (χ0n) is 14.4. The Bertz CT molecular complexity index is 332. The second kappa shape index (κ2) is 9.29. The highest BCUT2D eigenvalue weighted by Crippen LogP contribution is 2.10. The van der Waals surface area contributed by atoms with Gasteiger partial charge in [0.25, 0.3) is 0 Å². The summed E-state index contributed by atoms with van der Waals surface area (Å²) in [5.41, 5.74) is -0.504. The van der Waals surface area contributed by atoms with Crippen molar-refractivity contribution in [2.75, 3.05) is 47.1 Å². The van der Waals surface area contributed by atoms with Crippen LogP contribution in [0.5, 0.6) is 0 Å². The second-order valence-electron chi connectivity index (χ2n) is 6.42. The third-order valence-corrected chi connectivity index (χ3v) is 3.25. The van der Waals surface area contributed by atoms with E-state index in [1.54, 1.807) is 14.2 Å². The molecule has 0 aromatic heterocycles. The fourth-order valence-electron chi connectivity index (χ4n) is 2.23. The van der Waals surface area contributed by atoms with E-state index in [0.717, 1.165) is 13.0 Å². The Balaban J connectivity index is 2.50. The van der Waals surface area contributed by atoms with Gasteiger partial charge in [0.15, 0.2) is 6.29 Å². The Morgan fingerprint density at radius 3 is 2.73 bits per heavy atom. The monoisotopic (exact) mass is 318 g/mol. The van der Waals surface area contributed by atoms with Gasteiger partial charge in [0.1, 0.15) is 5.60 Å². The third-order valence-electron chi connectivity index (χ3n) is 3.25. The Kier molecular flexibility index (Phi) is 8.09. The molecule has 2 unspecified atom stereocenters. The number of alkyl carbamates (subject to hydrolysis) is 1. The van der Waals surface area contributed by atoms with E-state index in [1.165, 1.54) is 0 Å². The highest BCUT2D eigenvalue weighted by atomic mass is 16.7. The average molecular weight is 318 g/mol. The zero-order valence-corrected chi connectivity index (χ0v) is 14.4. The van der Waals surface area contributed by atoms with Crippen molar-refractivity contribution in [2.45, 2.75) is 45.1 Å². The number of methoxy groups -OCH3 is 2. The summed E-state index contributed by atoms with van der Waals surface area (Å²) in [6.07, 6.45) is 0.119. The van der Waals surface area contributed by atoms with E-state index in [1.807, 2.05) is 20.8 Å².